The van der Waals surface area contributed by atoms with Crippen LogP contribution in [0.5, 0.6) is 0 Å². The lowest BCUT2D eigenvalue weighted by atomic mass is 10.1. The average Bonchev–Trinajstić information content (AvgIpc) is 2.48. The SMILES string of the molecule is C[C@H](NCC(=O)Nc1ccc(Cl)cc1)c1ccc(Br)cc1. The highest BCUT2D eigenvalue weighted by atomic mass is 79.9. The van der Waals surface area contributed by atoms with Crippen LogP contribution in [0.4, 0.5) is 5.69 Å². The summed E-state index contributed by atoms with van der Waals surface area (Å²) < 4.78 is 1.04. The molecule has 0 fully saturated rings. The van der Waals surface area contributed by atoms with E-state index in [2.05, 4.69) is 26.6 Å². The van der Waals surface area contributed by atoms with Crippen molar-refractivity contribution < 1.29 is 4.79 Å². The first-order chi connectivity index (χ1) is 10.0. The number of rotatable bonds is 5. The van der Waals surface area contributed by atoms with E-state index in [4.69, 9.17) is 11.6 Å². The van der Waals surface area contributed by atoms with Gasteiger partial charge in [-0.25, -0.2) is 0 Å². The van der Waals surface area contributed by atoms with Crippen LogP contribution >= 0.6 is 27.5 Å². The zero-order chi connectivity index (χ0) is 15.2. The molecule has 0 bridgehead atoms. The Morgan fingerprint density at radius 2 is 1.76 bits per heavy atom. The lowest BCUT2D eigenvalue weighted by Crippen LogP contribution is -2.30. The van der Waals surface area contributed by atoms with Crippen molar-refractivity contribution in [3.8, 4) is 0 Å². The van der Waals surface area contributed by atoms with Gasteiger partial charge in [0.25, 0.3) is 0 Å². The van der Waals surface area contributed by atoms with Crippen LogP contribution in [-0.2, 0) is 4.79 Å². The summed E-state index contributed by atoms with van der Waals surface area (Å²) in [4.78, 5) is 11.9. The van der Waals surface area contributed by atoms with Crippen molar-refractivity contribution >= 4 is 39.1 Å². The number of carbonyl (C=O) groups is 1. The molecule has 1 atom stereocenters. The van der Waals surface area contributed by atoms with Gasteiger partial charge in [0.05, 0.1) is 6.54 Å². The Bertz CT molecular complexity index is 599. The van der Waals surface area contributed by atoms with Gasteiger partial charge in [0, 0.05) is 21.2 Å². The second kappa shape index (κ2) is 7.59. The molecule has 21 heavy (non-hydrogen) atoms. The largest absolute Gasteiger partial charge is 0.325 e. The first-order valence-electron chi connectivity index (χ1n) is 6.59. The second-order valence-corrected chi connectivity index (χ2v) is 6.06. The summed E-state index contributed by atoms with van der Waals surface area (Å²) in [7, 11) is 0. The van der Waals surface area contributed by atoms with Crippen LogP contribution in [0.1, 0.15) is 18.5 Å². The molecule has 0 saturated carbocycles. The normalized spacial score (nSPS) is 12.0. The minimum atomic E-state index is -0.0821. The van der Waals surface area contributed by atoms with E-state index < -0.39 is 0 Å². The first-order valence-corrected chi connectivity index (χ1v) is 7.76. The smallest absolute Gasteiger partial charge is 0.238 e. The molecule has 1 amide bonds. The number of anilines is 1. The maximum absolute atomic E-state index is 11.9. The first kappa shape index (κ1) is 16.0. The molecule has 0 saturated heterocycles. The number of amides is 1. The van der Waals surface area contributed by atoms with Crippen molar-refractivity contribution in [3.63, 3.8) is 0 Å². The van der Waals surface area contributed by atoms with Crippen LogP contribution in [-0.4, -0.2) is 12.5 Å². The monoisotopic (exact) mass is 366 g/mol. The van der Waals surface area contributed by atoms with E-state index in [1.807, 2.05) is 31.2 Å². The Hall–Kier alpha value is -1.36. The Kier molecular flexibility index (Phi) is 5.79. The summed E-state index contributed by atoms with van der Waals surface area (Å²) in [6, 6.07) is 15.2. The Balaban J connectivity index is 1.83. The molecular weight excluding hydrogens is 352 g/mol. The van der Waals surface area contributed by atoms with Crippen LogP contribution in [0.25, 0.3) is 0 Å². The lowest BCUT2D eigenvalue weighted by Gasteiger charge is -2.14. The molecule has 0 aromatic heterocycles. The third-order valence-corrected chi connectivity index (χ3v) is 3.85. The molecule has 3 nitrogen and oxygen atoms in total. The summed E-state index contributed by atoms with van der Waals surface area (Å²) in [6.45, 7) is 2.28. The molecule has 5 heteroatoms. The topological polar surface area (TPSA) is 41.1 Å². The van der Waals surface area contributed by atoms with Crippen LogP contribution in [0.2, 0.25) is 5.02 Å². The Labute approximate surface area is 137 Å². The number of nitrogens with one attached hydrogen (secondary N) is 2. The van der Waals surface area contributed by atoms with E-state index in [1.54, 1.807) is 24.3 Å². The zero-order valence-electron chi connectivity index (χ0n) is 11.6. The van der Waals surface area contributed by atoms with Crippen LogP contribution in [0.3, 0.4) is 0 Å². The van der Waals surface area contributed by atoms with Gasteiger partial charge in [0.15, 0.2) is 0 Å². The Morgan fingerprint density at radius 1 is 1.14 bits per heavy atom. The average molecular weight is 368 g/mol. The third kappa shape index (κ3) is 5.16. The van der Waals surface area contributed by atoms with Crippen molar-refractivity contribution in [2.24, 2.45) is 0 Å². The van der Waals surface area contributed by atoms with Gasteiger partial charge >= 0.3 is 0 Å². The van der Waals surface area contributed by atoms with Gasteiger partial charge in [-0.3, -0.25) is 4.79 Å². The summed E-state index contributed by atoms with van der Waals surface area (Å²) >= 11 is 9.21. The highest BCUT2D eigenvalue weighted by Gasteiger charge is 2.08. The van der Waals surface area contributed by atoms with Crippen LogP contribution in [0.15, 0.2) is 53.0 Å². The van der Waals surface area contributed by atoms with Gasteiger partial charge in [-0.1, -0.05) is 39.7 Å². The summed E-state index contributed by atoms with van der Waals surface area (Å²) in [5.41, 5.74) is 1.87. The quantitative estimate of drug-likeness (QED) is 0.823. The molecular formula is C16H16BrClN2O. The molecule has 0 spiro atoms. The van der Waals surface area contributed by atoms with Crippen molar-refractivity contribution in [2.75, 3.05) is 11.9 Å². The van der Waals surface area contributed by atoms with Crippen molar-refractivity contribution in [1.29, 1.82) is 0 Å². The maximum atomic E-state index is 11.9. The third-order valence-electron chi connectivity index (χ3n) is 3.07. The highest BCUT2D eigenvalue weighted by molar-refractivity contribution is 9.10. The molecule has 0 unspecified atom stereocenters. The number of hydrogen-bond donors (Lipinski definition) is 2. The molecule has 0 aliphatic carbocycles. The molecule has 2 rings (SSSR count). The van der Waals surface area contributed by atoms with E-state index in [9.17, 15) is 4.79 Å². The van der Waals surface area contributed by atoms with Crippen molar-refractivity contribution in [3.05, 3.63) is 63.6 Å². The maximum Gasteiger partial charge on any atom is 0.238 e. The fourth-order valence-electron chi connectivity index (χ4n) is 1.85. The van der Waals surface area contributed by atoms with Crippen LogP contribution < -0.4 is 10.6 Å². The Morgan fingerprint density at radius 3 is 2.38 bits per heavy atom. The van der Waals surface area contributed by atoms with Gasteiger partial charge in [-0.05, 0) is 48.9 Å². The lowest BCUT2D eigenvalue weighted by molar-refractivity contribution is -0.115. The molecule has 2 aromatic carbocycles. The minimum absolute atomic E-state index is 0.0821. The van der Waals surface area contributed by atoms with E-state index >= 15 is 0 Å². The predicted octanol–water partition coefficient (Wildman–Crippen LogP) is 4.39. The van der Waals surface area contributed by atoms with Crippen molar-refractivity contribution in [2.45, 2.75) is 13.0 Å². The summed E-state index contributed by atoms with van der Waals surface area (Å²) in [5.74, 6) is -0.0821. The van der Waals surface area contributed by atoms with Gasteiger partial charge in [-0.15, -0.1) is 0 Å². The van der Waals surface area contributed by atoms with Crippen LogP contribution in [0, 0.1) is 0 Å². The minimum Gasteiger partial charge on any atom is -0.325 e. The molecule has 0 aliphatic rings. The van der Waals surface area contributed by atoms with Gasteiger partial charge in [0.2, 0.25) is 5.91 Å². The summed E-state index contributed by atoms with van der Waals surface area (Å²) in [6.07, 6.45) is 0. The predicted molar refractivity (Wildman–Crippen MR) is 90.6 cm³/mol. The fraction of sp³-hybridized carbons (Fsp3) is 0.188. The van der Waals surface area contributed by atoms with Gasteiger partial charge in [0.1, 0.15) is 0 Å². The summed E-state index contributed by atoms with van der Waals surface area (Å²) in [5, 5.41) is 6.66. The van der Waals surface area contributed by atoms with Gasteiger partial charge < -0.3 is 10.6 Å². The van der Waals surface area contributed by atoms with Crippen molar-refractivity contribution in [1.82, 2.24) is 5.32 Å². The molecule has 2 aromatic rings. The number of benzene rings is 2. The van der Waals surface area contributed by atoms with Gasteiger partial charge in [-0.2, -0.15) is 0 Å². The number of halogens is 2. The number of hydrogen-bond acceptors (Lipinski definition) is 2. The fourth-order valence-corrected chi connectivity index (χ4v) is 2.24. The second-order valence-electron chi connectivity index (χ2n) is 4.71. The van der Waals surface area contributed by atoms with E-state index in [0.717, 1.165) is 15.7 Å². The molecule has 110 valence electrons. The molecule has 0 radical (unpaired) electrons. The molecule has 0 heterocycles. The highest BCUT2D eigenvalue weighted by Crippen LogP contribution is 2.16. The van der Waals surface area contributed by atoms with E-state index in [-0.39, 0.29) is 18.5 Å². The molecule has 2 N–H and O–H groups in total. The molecule has 0 aliphatic heterocycles. The number of carbonyl (C=O) groups excluding carboxylic acids is 1. The standard InChI is InChI=1S/C16H16BrClN2O/c1-11(12-2-4-13(17)5-3-12)19-10-16(21)20-15-8-6-14(18)7-9-15/h2-9,11,19H,10H2,1H3,(H,20,21)/t11-/m0/s1. The van der Waals surface area contributed by atoms with E-state index in [0.29, 0.717) is 5.02 Å². The zero-order valence-corrected chi connectivity index (χ0v) is 13.9. The van der Waals surface area contributed by atoms with E-state index in [1.165, 1.54) is 0 Å².